The summed E-state index contributed by atoms with van der Waals surface area (Å²) in [5, 5.41) is 11.1. The lowest BCUT2D eigenvalue weighted by atomic mass is 10.1. The highest BCUT2D eigenvalue weighted by atomic mass is 16.1. The molecule has 0 spiro atoms. The predicted octanol–water partition coefficient (Wildman–Crippen LogP) is 1.60. The Morgan fingerprint density at radius 2 is 2.15 bits per heavy atom. The third kappa shape index (κ3) is 3.45. The molecule has 0 bridgehead atoms. The molecular weight excluding hydrogens is 164 g/mol. The van der Waals surface area contributed by atoms with Gasteiger partial charge in [-0.25, -0.2) is 0 Å². The molecular formula is C10H16N2O. The molecule has 0 aliphatic heterocycles. The fourth-order valence-corrected chi connectivity index (χ4v) is 1.71. The standard InChI is InChI=1S/C10H16N2O/c11-7-3-4-8-12-10(13)9-5-1-2-6-9/h9H,1-6,8H2,(H,12,13). The van der Waals surface area contributed by atoms with Crippen LogP contribution in [0.3, 0.4) is 0 Å². The minimum atomic E-state index is 0.190. The lowest BCUT2D eigenvalue weighted by molar-refractivity contribution is -0.124. The first-order chi connectivity index (χ1) is 6.34. The first-order valence-corrected chi connectivity index (χ1v) is 4.99. The summed E-state index contributed by atoms with van der Waals surface area (Å²) >= 11 is 0. The van der Waals surface area contributed by atoms with E-state index in [1.807, 2.05) is 0 Å². The van der Waals surface area contributed by atoms with E-state index in [0.717, 1.165) is 19.3 Å². The normalized spacial score (nSPS) is 16.8. The van der Waals surface area contributed by atoms with Crippen molar-refractivity contribution < 1.29 is 4.79 Å². The minimum absolute atomic E-state index is 0.190. The number of nitrogens with one attached hydrogen (secondary N) is 1. The highest BCUT2D eigenvalue weighted by Crippen LogP contribution is 2.24. The van der Waals surface area contributed by atoms with Gasteiger partial charge in [-0.3, -0.25) is 4.79 Å². The van der Waals surface area contributed by atoms with Gasteiger partial charge in [-0.1, -0.05) is 12.8 Å². The Labute approximate surface area is 79.1 Å². The predicted molar refractivity (Wildman–Crippen MR) is 49.8 cm³/mol. The van der Waals surface area contributed by atoms with Gasteiger partial charge in [0.2, 0.25) is 5.91 Å². The third-order valence-electron chi connectivity index (χ3n) is 2.49. The largest absolute Gasteiger partial charge is 0.356 e. The quantitative estimate of drug-likeness (QED) is 0.668. The van der Waals surface area contributed by atoms with Gasteiger partial charge in [0.25, 0.3) is 0 Å². The lowest BCUT2D eigenvalue weighted by Gasteiger charge is -2.08. The number of hydrogen-bond donors (Lipinski definition) is 1. The van der Waals surface area contributed by atoms with Crippen LogP contribution >= 0.6 is 0 Å². The zero-order chi connectivity index (χ0) is 9.52. The van der Waals surface area contributed by atoms with E-state index in [1.165, 1.54) is 12.8 Å². The second kappa shape index (κ2) is 5.58. The van der Waals surface area contributed by atoms with Crippen LogP contribution in [0.5, 0.6) is 0 Å². The van der Waals surface area contributed by atoms with E-state index in [1.54, 1.807) is 0 Å². The van der Waals surface area contributed by atoms with Crippen molar-refractivity contribution in [2.75, 3.05) is 6.54 Å². The Kier molecular flexibility index (Phi) is 4.31. The molecule has 0 atom stereocenters. The van der Waals surface area contributed by atoms with Crippen LogP contribution in [0.1, 0.15) is 38.5 Å². The van der Waals surface area contributed by atoms with Crippen LogP contribution in [-0.2, 0) is 4.79 Å². The SMILES string of the molecule is N#CCCCNC(=O)C1CCCC1. The van der Waals surface area contributed by atoms with Crippen molar-refractivity contribution >= 4 is 5.91 Å². The summed E-state index contributed by atoms with van der Waals surface area (Å²) in [6.45, 7) is 0.656. The van der Waals surface area contributed by atoms with Crippen molar-refractivity contribution in [1.29, 1.82) is 5.26 Å². The molecule has 1 rings (SSSR count). The highest BCUT2D eigenvalue weighted by Gasteiger charge is 2.21. The number of unbranched alkanes of at least 4 members (excludes halogenated alkanes) is 1. The number of carbonyl (C=O) groups excluding carboxylic acids is 1. The molecule has 0 saturated heterocycles. The van der Waals surface area contributed by atoms with Crippen LogP contribution in [0.15, 0.2) is 0 Å². The molecule has 0 aromatic rings. The van der Waals surface area contributed by atoms with E-state index in [4.69, 9.17) is 5.26 Å². The van der Waals surface area contributed by atoms with Gasteiger partial charge >= 0.3 is 0 Å². The van der Waals surface area contributed by atoms with Gasteiger partial charge in [0.05, 0.1) is 6.07 Å². The van der Waals surface area contributed by atoms with Crippen molar-refractivity contribution in [3.05, 3.63) is 0 Å². The first kappa shape index (κ1) is 10.0. The Morgan fingerprint density at radius 1 is 1.46 bits per heavy atom. The van der Waals surface area contributed by atoms with Crippen LogP contribution in [0.4, 0.5) is 0 Å². The van der Waals surface area contributed by atoms with Gasteiger partial charge < -0.3 is 5.32 Å². The second-order valence-electron chi connectivity index (χ2n) is 3.53. The van der Waals surface area contributed by atoms with Gasteiger partial charge in [0.15, 0.2) is 0 Å². The van der Waals surface area contributed by atoms with Crippen LogP contribution in [0.2, 0.25) is 0 Å². The van der Waals surface area contributed by atoms with Crippen LogP contribution in [-0.4, -0.2) is 12.5 Å². The number of hydrogen-bond acceptors (Lipinski definition) is 2. The van der Waals surface area contributed by atoms with Gasteiger partial charge in [-0.2, -0.15) is 5.26 Å². The maximum absolute atomic E-state index is 11.4. The van der Waals surface area contributed by atoms with Crippen LogP contribution in [0, 0.1) is 17.2 Å². The number of rotatable bonds is 4. The second-order valence-corrected chi connectivity index (χ2v) is 3.53. The first-order valence-electron chi connectivity index (χ1n) is 4.99. The average Bonchev–Trinajstić information content (AvgIpc) is 2.65. The fourth-order valence-electron chi connectivity index (χ4n) is 1.71. The summed E-state index contributed by atoms with van der Waals surface area (Å²) in [7, 11) is 0. The molecule has 0 aromatic heterocycles. The number of carbonyl (C=O) groups is 1. The fraction of sp³-hybridized carbons (Fsp3) is 0.800. The topological polar surface area (TPSA) is 52.9 Å². The highest BCUT2D eigenvalue weighted by molar-refractivity contribution is 5.78. The molecule has 1 aliphatic rings. The molecule has 0 radical (unpaired) electrons. The molecule has 13 heavy (non-hydrogen) atoms. The van der Waals surface area contributed by atoms with E-state index in [0.29, 0.717) is 13.0 Å². The third-order valence-corrected chi connectivity index (χ3v) is 2.49. The molecule has 1 saturated carbocycles. The Balaban J connectivity index is 2.07. The van der Waals surface area contributed by atoms with Crippen molar-refractivity contribution in [2.24, 2.45) is 5.92 Å². The molecule has 1 amide bonds. The number of nitrogens with zero attached hydrogens (tertiary/aromatic N) is 1. The Hall–Kier alpha value is -1.04. The van der Waals surface area contributed by atoms with Crippen LogP contribution < -0.4 is 5.32 Å². The zero-order valence-electron chi connectivity index (χ0n) is 7.88. The van der Waals surface area contributed by atoms with E-state index in [9.17, 15) is 4.79 Å². The Bertz CT molecular complexity index is 201. The zero-order valence-corrected chi connectivity index (χ0v) is 7.88. The van der Waals surface area contributed by atoms with Crippen molar-refractivity contribution in [2.45, 2.75) is 38.5 Å². The van der Waals surface area contributed by atoms with E-state index >= 15 is 0 Å². The summed E-state index contributed by atoms with van der Waals surface area (Å²) in [5.74, 6) is 0.442. The molecule has 0 unspecified atom stereocenters. The average molecular weight is 180 g/mol. The molecule has 0 aromatic carbocycles. The van der Waals surface area contributed by atoms with Crippen molar-refractivity contribution in [3.8, 4) is 6.07 Å². The lowest BCUT2D eigenvalue weighted by Crippen LogP contribution is -2.29. The summed E-state index contributed by atoms with van der Waals surface area (Å²) in [6, 6.07) is 2.06. The molecule has 3 nitrogen and oxygen atoms in total. The molecule has 0 heterocycles. The summed E-state index contributed by atoms with van der Waals surface area (Å²) in [6.07, 6.45) is 5.78. The molecule has 1 aliphatic carbocycles. The molecule has 3 heteroatoms. The van der Waals surface area contributed by atoms with E-state index in [-0.39, 0.29) is 11.8 Å². The number of amides is 1. The van der Waals surface area contributed by atoms with Crippen molar-refractivity contribution in [1.82, 2.24) is 5.32 Å². The summed E-state index contributed by atoms with van der Waals surface area (Å²) < 4.78 is 0. The summed E-state index contributed by atoms with van der Waals surface area (Å²) in [5.41, 5.74) is 0. The molecule has 1 fully saturated rings. The van der Waals surface area contributed by atoms with Crippen LogP contribution in [0.25, 0.3) is 0 Å². The number of nitriles is 1. The maximum Gasteiger partial charge on any atom is 0.223 e. The van der Waals surface area contributed by atoms with Gasteiger partial charge in [0, 0.05) is 18.9 Å². The smallest absolute Gasteiger partial charge is 0.223 e. The Morgan fingerprint density at radius 3 is 2.77 bits per heavy atom. The van der Waals surface area contributed by atoms with E-state index in [2.05, 4.69) is 11.4 Å². The monoisotopic (exact) mass is 180 g/mol. The maximum atomic E-state index is 11.4. The van der Waals surface area contributed by atoms with Crippen molar-refractivity contribution in [3.63, 3.8) is 0 Å². The van der Waals surface area contributed by atoms with Gasteiger partial charge in [0.1, 0.15) is 0 Å². The molecule has 1 N–H and O–H groups in total. The van der Waals surface area contributed by atoms with E-state index < -0.39 is 0 Å². The van der Waals surface area contributed by atoms with Gasteiger partial charge in [-0.05, 0) is 19.3 Å². The molecule has 72 valence electrons. The minimum Gasteiger partial charge on any atom is -0.356 e. The van der Waals surface area contributed by atoms with Gasteiger partial charge in [-0.15, -0.1) is 0 Å². The summed E-state index contributed by atoms with van der Waals surface area (Å²) in [4.78, 5) is 11.4.